The SMILES string of the molecule is O=[N+]([O-])O.OCBr.[Ag].[B]C.[B]C(=O)Cl.[B]C(=O)OCBr. The molecule has 0 unspecified atom stereocenters. The van der Waals surface area contributed by atoms with Crippen molar-refractivity contribution < 1.29 is 52.1 Å². The molecule has 15 heteroatoms. The smallest absolute Gasteiger partial charge is 0.291 e. The summed E-state index contributed by atoms with van der Waals surface area (Å²) in [6.45, 7) is 1.50. The van der Waals surface area contributed by atoms with Gasteiger partial charge in [0.05, 0.1) is 13.4 Å². The van der Waals surface area contributed by atoms with Crippen LogP contribution in [-0.2, 0) is 27.1 Å². The normalized spacial score (nSPS) is 5.85. The average Bonchev–Trinajstić information content (AvgIpc) is 2.19. The molecular weight excluding hydrogens is 522 g/mol. The molecule has 2 N–H and O–H groups in total. The third-order valence-electron chi connectivity index (χ3n) is 0.197. The Morgan fingerprint density at radius 2 is 1.50 bits per heavy atom. The number of halogens is 3. The first-order chi connectivity index (χ1) is 8.65. The van der Waals surface area contributed by atoms with Gasteiger partial charge < -0.3 is 15.1 Å². The van der Waals surface area contributed by atoms with Crippen LogP contribution in [0.1, 0.15) is 0 Å². The molecule has 0 atom stereocenters. The molecule has 0 spiro atoms. The van der Waals surface area contributed by atoms with Gasteiger partial charge in [0, 0.05) is 22.4 Å². The Bertz CT molecular complexity index is 201. The second-order valence-corrected chi connectivity index (χ2v) is 2.57. The summed E-state index contributed by atoms with van der Waals surface area (Å²) in [6, 6.07) is 0. The number of hydrogen-bond acceptors (Lipinski definition) is 6. The number of carbonyl (C=O) groups excluding carboxylic acids is 2. The van der Waals surface area contributed by atoms with Crippen molar-refractivity contribution in [3.05, 3.63) is 10.1 Å². The quantitative estimate of drug-likeness (QED) is 0.172. The predicted molar refractivity (Wildman–Crippen MR) is 79.4 cm³/mol. The molecule has 0 aliphatic carbocycles. The van der Waals surface area contributed by atoms with Crippen LogP contribution in [0.4, 0.5) is 9.59 Å². The van der Waals surface area contributed by atoms with Crippen molar-refractivity contribution in [2.45, 2.75) is 6.82 Å². The van der Waals surface area contributed by atoms with Crippen LogP contribution in [0.2, 0.25) is 6.82 Å². The monoisotopic (exact) mass is 528 g/mol. The third kappa shape index (κ3) is 465. The van der Waals surface area contributed by atoms with Crippen LogP contribution in [-0.4, -0.2) is 61.0 Å². The Kier molecular flexibility index (Phi) is 79.2. The van der Waals surface area contributed by atoms with Crippen LogP contribution in [0.5, 0.6) is 0 Å². The van der Waals surface area contributed by atoms with E-state index in [2.05, 4.69) is 71.7 Å². The molecule has 0 aliphatic heterocycles. The number of rotatable bonds is 1. The van der Waals surface area contributed by atoms with Crippen molar-refractivity contribution in [1.29, 1.82) is 0 Å². The van der Waals surface area contributed by atoms with E-state index in [1.807, 2.05) is 0 Å². The molecule has 0 aliphatic rings. The molecule has 0 aromatic carbocycles. The van der Waals surface area contributed by atoms with E-state index < -0.39 is 16.1 Å². The van der Waals surface area contributed by atoms with Gasteiger partial charge in [0.2, 0.25) is 13.7 Å². The zero-order valence-corrected chi connectivity index (χ0v) is 15.4. The summed E-state index contributed by atoms with van der Waals surface area (Å²) in [7, 11) is 13.2. The molecule has 0 saturated heterocycles. The van der Waals surface area contributed by atoms with E-state index in [-0.39, 0.29) is 33.4 Å². The van der Waals surface area contributed by atoms with E-state index in [1.54, 1.807) is 0 Å². The molecule has 0 fully saturated rings. The molecular formula is C5H9AgB3Br2ClNO7. The minimum Gasteiger partial charge on any atom is -0.463 e. The summed E-state index contributed by atoms with van der Waals surface area (Å²) in [5, 5.41) is 20.3. The fourth-order valence-electron chi connectivity index (χ4n) is 0.0538. The first kappa shape index (κ1) is 37.1. The number of aliphatic hydroxyl groups is 1. The Hall–Kier alpha value is 0.485. The first-order valence-electron chi connectivity index (χ1n) is 3.66. The topological polar surface area (TPSA) is 127 Å². The van der Waals surface area contributed by atoms with Crippen LogP contribution >= 0.6 is 43.5 Å². The van der Waals surface area contributed by atoms with Crippen LogP contribution in [0.25, 0.3) is 0 Å². The van der Waals surface area contributed by atoms with Gasteiger partial charge in [-0.15, -0.1) is 10.1 Å². The summed E-state index contributed by atoms with van der Waals surface area (Å²) in [5.41, 5.74) is 0.231. The number of ether oxygens (including phenoxy) is 1. The zero-order chi connectivity index (χ0) is 16.9. The summed E-state index contributed by atoms with van der Waals surface area (Å²) in [5.74, 6) is -0.758. The Balaban J connectivity index is -0.0000000317. The Labute approximate surface area is 157 Å². The molecule has 0 saturated carbocycles. The van der Waals surface area contributed by atoms with Gasteiger partial charge in [0.15, 0.2) is 13.0 Å². The van der Waals surface area contributed by atoms with Crippen molar-refractivity contribution in [3.8, 4) is 0 Å². The number of carbonyl (C=O) groups is 2. The van der Waals surface area contributed by atoms with Gasteiger partial charge in [-0.05, 0) is 15.9 Å². The van der Waals surface area contributed by atoms with E-state index in [9.17, 15) is 4.79 Å². The second-order valence-electron chi connectivity index (χ2n) is 1.23. The average molecular weight is 531 g/mol. The molecule has 0 aromatic heterocycles. The fraction of sp³-hybridized carbons (Fsp3) is 0.600. The number of hydrogen-bond donors (Lipinski definition) is 2. The van der Waals surface area contributed by atoms with Crippen LogP contribution < -0.4 is 0 Å². The molecule has 8 nitrogen and oxygen atoms in total. The second kappa shape index (κ2) is 42.7. The molecule has 0 aromatic rings. The van der Waals surface area contributed by atoms with Gasteiger partial charge in [-0.1, -0.05) is 34.4 Å². The van der Waals surface area contributed by atoms with E-state index in [0.29, 0.717) is 0 Å². The largest absolute Gasteiger partial charge is 0.463 e. The van der Waals surface area contributed by atoms with Crippen LogP contribution in [0.15, 0.2) is 0 Å². The molecule has 20 heavy (non-hydrogen) atoms. The van der Waals surface area contributed by atoms with E-state index in [1.165, 1.54) is 6.82 Å². The number of nitrogens with zero attached hydrogens (tertiary/aromatic N) is 1. The summed E-state index contributed by atoms with van der Waals surface area (Å²) in [4.78, 5) is 26.9. The van der Waals surface area contributed by atoms with Crippen LogP contribution in [0, 0.1) is 10.1 Å². The molecule has 0 heterocycles. The van der Waals surface area contributed by atoms with Crippen molar-refractivity contribution in [3.63, 3.8) is 0 Å². The van der Waals surface area contributed by atoms with Crippen LogP contribution in [0.3, 0.4) is 0 Å². The molecule has 117 valence electrons. The molecule has 0 rings (SSSR count). The van der Waals surface area contributed by atoms with E-state index in [0.717, 1.165) is 0 Å². The molecule has 7 radical (unpaired) electrons. The maximum Gasteiger partial charge on any atom is 0.291 e. The zero-order valence-electron chi connectivity index (χ0n) is 9.96. The third-order valence-corrected chi connectivity index (χ3v) is 0.426. The van der Waals surface area contributed by atoms with Gasteiger partial charge >= 0.3 is 0 Å². The molecule has 0 bridgehead atoms. The Morgan fingerprint density at radius 3 is 1.50 bits per heavy atom. The number of alkyl halides is 2. The summed E-state index contributed by atoms with van der Waals surface area (Å²) >= 11 is 9.94. The van der Waals surface area contributed by atoms with Gasteiger partial charge in [-0.25, -0.2) is 0 Å². The summed E-state index contributed by atoms with van der Waals surface area (Å²) < 4.78 is 4.10. The minimum absolute atomic E-state index is 0. The van der Waals surface area contributed by atoms with Gasteiger partial charge in [0.1, 0.15) is 5.52 Å². The maximum absolute atomic E-state index is 9.57. The fourth-order valence-corrected chi connectivity index (χ4v) is 0.279. The van der Waals surface area contributed by atoms with Gasteiger partial charge in [-0.3, -0.25) is 9.59 Å². The van der Waals surface area contributed by atoms with Crippen molar-refractivity contribution in [2.24, 2.45) is 0 Å². The number of aliphatic hydroxyl groups excluding tert-OH is 1. The van der Waals surface area contributed by atoms with Crippen molar-refractivity contribution in [2.75, 3.05) is 11.0 Å². The van der Waals surface area contributed by atoms with Gasteiger partial charge in [0.25, 0.3) is 5.09 Å². The Morgan fingerprint density at radius 1 is 1.35 bits per heavy atom. The summed E-state index contributed by atoms with van der Waals surface area (Å²) in [6.07, 6.45) is 0. The van der Waals surface area contributed by atoms with Crippen molar-refractivity contribution in [1.82, 2.24) is 0 Å². The van der Waals surface area contributed by atoms with E-state index in [4.69, 9.17) is 25.2 Å². The minimum atomic E-state index is -1.50. The van der Waals surface area contributed by atoms with Crippen molar-refractivity contribution >= 4 is 78.0 Å². The predicted octanol–water partition coefficient (Wildman–Crippen LogP) is 1.34. The molecule has 0 amide bonds. The first-order valence-corrected chi connectivity index (χ1v) is 6.28. The maximum atomic E-state index is 9.57. The van der Waals surface area contributed by atoms with Gasteiger partial charge in [-0.2, -0.15) is 0 Å². The van der Waals surface area contributed by atoms with E-state index >= 15 is 0 Å². The standard InChI is InChI=1S/C2H2BBrO2.CBClO.CH3B.CH3BrO.Ag.HNO3/c3-2(5)6-1-4;2-1(3)4;1-2;2-1-3;;2-1(3)4/h1H2;;1H3;3H,1H2;;(H,2,3,4).